The summed E-state index contributed by atoms with van der Waals surface area (Å²) in [4.78, 5) is 13.5. The van der Waals surface area contributed by atoms with Crippen molar-refractivity contribution in [2.45, 2.75) is 6.42 Å². The zero-order valence-corrected chi connectivity index (χ0v) is 11.5. The minimum absolute atomic E-state index is 0.0294. The second kappa shape index (κ2) is 5.18. The van der Waals surface area contributed by atoms with Crippen molar-refractivity contribution in [2.75, 3.05) is 29.0 Å². The topological polar surface area (TPSA) is 92.5 Å². The number of rotatable bonds is 4. The summed E-state index contributed by atoms with van der Waals surface area (Å²) in [5.74, 6) is 0.0944. The third-order valence-corrected chi connectivity index (χ3v) is 3.62. The smallest absolute Gasteiger partial charge is 0.229 e. The average molecular weight is 283 g/mol. The van der Waals surface area contributed by atoms with Gasteiger partial charge in [0.1, 0.15) is 0 Å². The van der Waals surface area contributed by atoms with Gasteiger partial charge in [0.2, 0.25) is 15.9 Å². The minimum atomic E-state index is -3.38. The molecule has 1 fully saturated rings. The van der Waals surface area contributed by atoms with Crippen molar-refractivity contribution in [3.8, 4) is 0 Å². The molecule has 1 aliphatic rings. The van der Waals surface area contributed by atoms with Crippen LogP contribution in [0.2, 0.25) is 0 Å². The van der Waals surface area contributed by atoms with Crippen molar-refractivity contribution in [2.24, 2.45) is 11.7 Å². The fraction of sp³-hybridized carbons (Fsp3) is 0.417. The first-order valence-electron chi connectivity index (χ1n) is 5.98. The Hall–Kier alpha value is -1.60. The molecule has 6 nitrogen and oxygen atoms in total. The molecule has 19 heavy (non-hydrogen) atoms. The molecule has 1 unspecified atom stereocenters. The molecule has 0 aromatic heterocycles. The minimum Gasteiger partial charge on any atom is -0.330 e. The summed E-state index contributed by atoms with van der Waals surface area (Å²) in [6.07, 6.45) is 1.49. The highest BCUT2D eigenvalue weighted by Gasteiger charge is 2.31. The second-order valence-corrected chi connectivity index (χ2v) is 6.45. The molecule has 0 saturated carbocycles. The fourth-order valence-corrected chi connectivity index (χ4v) is 2.74. The van der Waals surface area contributed by atoms with Gasteiger partial charge < -0.3 is 10.6 Å². The molecule has 0 spiro atoms. The molecule has 1 aromatic carbocycles. The van der Waals surface area contributed by atoms with Crippen LogP contribution in [0.25, 0.3) is 0 Å². The van der Waals surface area contributed by atoms with Gasteiger partial charge in [-0.1, -0.05) is 12.1 Å². The third-order valence-electron chi connectivity index (χ3n) is 3.03. The Kier molecular flexibility index (Phi) is 3.77. The number of para-hydroxylation sites is 2. The number of nitrogens with two attached hydrogens (primary N) is 1. The second-order valence-electron chi connectivity index (χ2n) is 4.70. The number of hydrogen-bond donors (Lipinski definition) is 2. The van der Waals surface area contributed by atoms with Gasteiger partial charge in [0, 0.05) is 13.0 Å². The van der Waals surface area contributed by atoms with Gasteiger partial charge in [-0.2, -0.15) is 0 Å². The highest BCUT2D eigenvalue weighted by molar-refractivity contribution is 7.92. The molecule has 2 rings (SSSR count). The Labute approximate surface area is 112 Å². The summed E-state index contributed by atoms with van der Waals surface area (Å²) < 4.78 is 25.1. The van der Waals surface area contributed by atoms with Gasteiger partial charge in [-0.05, 0) is 24.6 Å². The first kappa shape index (κ1) is 13.8. The molecule has 1 saturated heterocycles. The van der Waals surface area contributed by atoms with Crippen molar-refractivity contribution in [1.29, 1.82) is 0 Å². The normalized spacial score (nSPS) is 19.8. The number of hydrogen-bond acceptors (Lipinski definition) is 4. The molecule has 3 N–H and O–H groups in total. The maximum absolute atomic E-state index is 12.0. The van der Waals surface area contributed by atoms with E-state index < -0.39 is 10.0 Å². The number of amides is 1. The molecular formula is C12H17N3O3S. The molecule has 1 atom stereocenters. The van der Waals surface area contributed by atoms with Crippen LogP contribution >= 0.6 is 0 Å². The Morgan fingerprint density at radius 2 is 2.11 bits per heavy atom. The lowest BCUT2D eigenvalue weighted by molar-refractivity contribution is -0.117. The van der Waals surface area contributed by atoms with Crippen LogP contribution in [0.4, 0.5) is 11.4 Å². The lowest BCUT2D eigenvalue weighted by atomic mass is 10.1. The molecule has 7 heteroatoms. The first-order valence-corrected chi connectivity index (χ1v) is 7.87. The maximum Gasteiger partial charge on any atom is 0.229 e. The van der Waals surface area contributed by atoms with Crippen LogP contribution in [0.5, 0.6) is 0 Å². The van der Waals surface area contributed by atoms with Crippen LogP contribution in [0.1, 0.15) is 6.42 Å². The predicted molar refractivity (Wildman–Crippen MR) is 74.4 cm³/mol. The summed E-state index contributed by atoms with van der Waals surface area (Å²) in [5.41, 5.74) is 6.58. The number of benzene rings is 1. The SMILES string of the molecule is CS(=O)(=O)Nc1ccccc1N1CC(CN)CC1=O. The summed E-state index contributed by atoms with van der Waals surface area (Å²) in [6.45, 7) is 0.974. The van der Waals surface area contributed by atoms with Crippen molar-refractivity contribution in [1.82, 2.24) is 0 Å². The van der Waals surface area contributed by atoms with Gasteiger partial charge in [0.15, 0.2) is 0 Å². The first-order chi connectivity index (χ1) is 8.90. The van der Waals surface area contributed by atoms with E-state index in [-0.39, 0.29) is 11.8 Å². The average Bonchev–Trinajstić information content (AvgIpc) is 2.69. The number of nitrogens with one attached hydrogen (secondary N) is 1. The molecule has 1 aliphatic heterocycles. The third kappa shape index (κ3) is 3.24. The molecule has 0 bridgehead atoms. The van der Waals surface area contributed by atoms with E-state index in [0.717, 1.165) is 6.26 Å². The van der Waals surface area contributed by atoms with Crippen molar-refractivity contribution in [3.63, 3.8) is 0 Å². The number of carbonyl (C=O) groups excluding carboxylic acids is 1. The zero-order chi connectivity index (χ0) is 14.0. The van der Waals surface area contributed by atoms with Crippen LogP contribution in [0.15, 0.2) is 24.3 Å². The van der Waals surface area contributed by atoms with E-state index in [1.807, 2.05) is 0 Å². The van der Waals surface area contributed by atoms with Gasteiger partial charge in [-0.15, -0.1) is 0 Å². The fourth-order valence-electron chi connectivity index (χ4n) is 2.17. The summed E-state index contributed by atoms with van der Waals surface area (Å²) in [6, 6.07) is 6.85. The molecule has 1 heterocycles. The summed E-state index contributed by atoms with van der Waals surface area (Å²) in [7, 11) is -3.38. The number of anilines is 2. The molecule has 0 aliphatic carbocycles. The van der Waals surface area contributed by atoms with Gasteiger partial charge >= 0.3 is 0 Å². The Balaban J connectivity index is 2.32. The quantitative estimate of drug-likeness (QED) is 0.835. The van der Waals surface area contributed by atoms with Crippen LogP contribution < -0.4 is 15.4 Å². The van der Waals surface area contributed by atoms with Gasteiger partial charge in [-0.3, -0.25) is 9.52 Å². The predicted octanol–water partition coefficient (Wildman–Crippen LogP) is 0.370. The van der Waals surface area contributed by atoms with E-state index in [2.05, 4.69) is 4.72 Å². The van der Waals surface area contributed by atoms with Crippen LogP contribution in [-0.2, 0) is 14.8 Å². The Morgan fingerprint density at radius 1 is 1.42 bits per heavy atom. The van der Waals surface area contributed by atoms with E-state index >= 15 is 0 Å². The molecule has 1 aromatic rings. The lowest BCUT2D eigenvalue weighted by Crippen LogP contribution is -2.27. The van der Waals surface area contributed by atoms with E-state index in [4.69, 9.17) is 5.73 Å². The zero-order valence-electron chi connectivity index (χ0n) is 10.7. The Morgan fingerprint density at radius 3 is 2.68 bits per heavy atom. The van der Waals surface area contributed by atoms with Crippen LogP contribution in [-0.4, -0.2) is 33.7 Å². The van der Waals surface area contributed by atoms with Gasteiger partial charge in [0.25, 0.3) is 0 Å². The molecule has 1 amide bonds. The Bertz CT molecular complexity index is 586. The van der Waals surface area contributed by atoms with Gasteiger partial charge in [0.05, 0.1) is 17.6 Å². The van der Waals surface area contributed by atoms with Crippen LogP contribution in [0, 0.1) is 5.92 Å². The van der Waals surface area contributed by atoms with E-state index in [1.165, 1.54) is 0 Å². The van der Waals surface area contributed by atoms with Crippen LogP contribution in [0.3, 0.4) is 0 Å². The largest absolute Gasteiger partial charge is 0.330 e. The number of sulfonamides is 1. The maximum atomic E-state index is 12.0. The van der Waals surface area contributed by atoms with E-state index in [9.17, 15) is 13.2 Å². The van der Waals surface area contributed by atoms with Crippen molar-refractivity contribution in [3.05, 3.63) is 24.3 Å². The highest BCUT2D eigenvalue weighted by Crippen LogP contribution is 2.31. The standard InChI is InChI=1S/C12H17N3O3S/c1-19(17,18)14-10-4-2-3-5-11(10)15-8-9(7-13)6-12(15)16/h2-5,9,14H,6-8,13H2,1H3. The van der Waals surface area contributed by atoms with E-state index in [1.54, 1.807) is 29.2 Å². The summed E-state index contributed by atoms with van der Waals surface area (Å²) >= 11 is 0. The number of carbonyl (C=O) groups is 1. The molecular weight excluding hydrogens is 266 g/mol. The van der Waals surface area contributed by atoms with E-state index in [0.29, 0.717) is 30.9 Å². The number of nitrogens with zero attached hydrogens (tertiary/aromatic N) is 1. The molecule has 0 radical (unpaired) electrons. The lowest BCUT2D eigenvalue weighted by Gasteiger charge is -2.20. The monoisotopic (exact) mass is 283 g/mol. The van der Waals surface area contributed by atoms with Crippen molar-refractivity contribution >= 4 is 27.3 Å². The summed E-state index contributed by atoms with van der Waals surface area (Å²) in [5, 5.41) is 0. The highest BCUT2D eigenvalue weighted by atomic mass is 32.2. The van der Waals surface area contributed by atoms with Gasteiger partial charge in [-0.25, -0.2) is 8.42 Å². The van der Waals surface area contributed by atoms with Crippen molar-refractivity contribution < 1.29 is 13.2 Å². The molecule has 104 valence electrons.